The zero-order valence-electron chi connectivity index (χ0n) is 15.2. The number of fused-ring (bicyclic) bond motifs is 2. The number of hydrogen-bond donors (Lipinski definition) is 3. The van der Waals surface area contributed by atoms with Crippen LogP contribution in [0.25, 0.3) is 44.2 Å². The van der Waals surface area contributed by atoms with Crippen molar-refractivity contribution in [3.05, 3.63) is 64.7 Å². The van der Waals surface area contributed by atoms with Gasteiger partial charge in [0.25, 0.3) is 5.56 Å². The highest BCUT2D eigenvalue weighted by atomic mass is 19.1. The molecule has 0 saturated heterocycles. The number of aromatic nitrogens is 6. The second-order valence-corrected chi connectivity index (χ2v) is 6.65. The number of hydrogen-bond acceptors (Lipinski definition) is 6. The third-order valence-electron chi connectivity index (χ3n) is 5.06. The Morgan fingerprint density at radius 3 is 2.69 bits per heavy atom. The zero-order valence-corrected chi connectivity index (χ0v) is 15.2. The van der Waals surface area contributed by atoms with E-state index in [-0.39, 0.29) is 11.2 Å². The van der Waals surface area contributed by atoms with Crippen molar-refractivity contribution in [2.45, 2.75) is 6.92 Å². The molecule has 5 rings (SSSR count). The Labute approximate surface area is 162 Å². The monoisotopic (exact) mass is 387 g/mol. The maximum atomic E-state index is 14.1. The van der Waals surface area contributed by atoms with Crippen molar-refractivity contribution >= 4 is 27.6 Å². The number of benzene rings is 1. The first kappa shape index (κ1) is 17.0. The fourth-order valence-corrected chi connectivity index (χ4v) is 3.60. The van der Waals surface area contributed by atoms with Crippen LogP contribution in [0.2, 0.25) is 0 Å². The number of aryl methyl sites for hydroxylation is 1. The average molecular weight is 387 g/mol. The van der Waals surface area contributed by atoms with Crippen molar-refractivity contribution < 1.29 is 4.39 Å². The highest BCUT2D eigenvalue weighted by molar-refractivity contribution is 6.07. The molecule has 1 aromatic carbocycles. The summed E-state index contributed by atoms with van der Waals surface area (Å²) in [5.74, 6) is -0.439. The first-order valence-electron chi connectivity index (χ1n) is 8.76. The molecule has 0 aliphatic heterocycles. The predicted octanol–water partition coefficient (Wildman–Crippen LogP) is 2.95. The average Bonchev–Trinajstić information content (AvgIpc) is 3.23. The summed E-state index contributed by atoms with van der Waals surface area (Å²) >= 11 is 0. The highest BCUT2D eigenvalue weighted by Crippen LogP contribution is 2.37. The van der Waals surface area contributed by atoms with E-state index in [2.05, 4.69) is 30.4 Å². The molecule has 0 aliphatic carbocycles. The summed E-state index contributed by atoms with van der Waals surface area (Å²) in [6.45, 7) is 1.88. The number of aromatic amines is 2. The van der Waals surface area contributed by atoms with Crippen LogP contribution in [0.15, 0.2) is 47.8 Å². The molecule has 0 radical (unpaired) electrons. The van der Waals surface area contributed by atoms with Gasteiger partial charge in [-0.25, -0.2) is 4.39 Å². The molecular weight excluding hydrogens is 373 g/mol. The second kappa shape index (κ2) is 6.20. The molecular formula is C20H14FN7O. The number of nitrogens with one attached hydrogen (secondary N) is 2. The van der Waals surface area contributed by atoms with Crippen LogP contribution in [0.4, 0.5) is 10.1 Å². The lowest BCUT2D eigenvalue weighted by Gasteiger charge is -2.14. The van der Waals surface area contributed by atoms with Crippen LogP contribution < -0.4 is 11.3 Å². The molecule has 4 N–H and O–H groups in total. The van der Waals surface area contributed by atoms with Gasteiger partial charge in [-0.1, -0.05) is 6.07 Å². The Morgan fingerprint density at radius 2 is 1.90 bits per heavy atom. The summed E-state index contributed by atoms with van der Waals surface area (Å²) in [7, 11) is 0. The van der Waals surface area contributed by atoms with Gasteiger partial charge in [-0.15, -0.1) is 0 Å². The van der Waals surface area contributed by atoms with E-state index in [9.17, 15) is 9.18 Å². The fraction of sp³-hybridized carbons (Fsp3) is 0.0500. The van der Waals surface area contributed by atoms with Gasteiger partial charge in [-0.3, -0.25) is 14.9 Å². The molecule has 0 unspecified atom stereocenters. The molecule has 0 aliphatic rings. The minimum atomic E-state index is -0.441. The van der Waals surface area contributed by atoms with Crippen molar-refractivity contribution in [3.8, 4) is 22.3 Å². The summed E-state index contributed by atoms with van der Waals surface area (Å²) in [6, 6.07) is 4.70. The molecule has 8 nitrogen and oxygen atoms in total. The van der Waals surface area contributed by atoms with Gasteiger partial charge in [0.1, 0.15) is 17.0 Å². The van der Waals surface area contributed by atoms with Gasteiger partial charge in [0.05, 0.1) is 29.6 Å². The first-order chi connectivity index (χ1) is 14.1. The number of H-pyrrole nitrogens is 2. The minimum Gasteiger partial charge on any atom is -0.394 e. The number of anilines is 1. The van der Waals surface area contributed by atoms with Crippen molar-refractivity contribution in [1.29, 1.82) is 0 Å². The smallest absolute Gasteiger partial charge is 0.272 e. The predicted molar refractivity (Wildman–Crippen MR) is 108 cm³/mol. The summed E-state index contributed by atoms with van der Waals surface area (Å²) in [5.41, 5.74) is 10.5. The number of halogens is 1. The van der Waals surface area contributed by atoms with E-state index in [4.69, 9.17) is 5.73 Å². The van der Waals surface area contributed by atoms with Gasteiger partial charge < -0.3 is 10.7 Å². The van der Waals surface area contributed by atoms with Gasteiger partial charge in [-0.2, -0.15) is 15.3 Å². The Hall–Kier alpha value is -4.14. The molecule has 0 atom stereocenters. The lowest BCUT2D eigenvalue weighted by Crippen LogP contribution is -2.15. The third-order valence-corrected chi connectivity index (χ3v) is 5.06. The molecule has 0 amide bonds. The lowest BCUT2D eigenvalue weighted by molar-refractivity contribution is 0.636. The van der Waals surface area contributed by atoms with E-state index < -0.39 is 11.4 Å². The molecule has 4 aromatic heterocycles. The number of nitrogens with two attached hydrogens (primary N) is 1. The number of rotatable bonds is 2. The second-order valence-electron chi connectivity index (χ2n) is 6.65. The molecule has 0 bridgehead atoms. The van der Waals surface area contributed by atoms with E-state index in [1.165, 1.54) is 12.3 Å². The van der Waals surface area contributed by atoms with Crippen molar-refractivity contribution in [1.82, 2.24) is 30.4 Å². The topological polar surface area (TPSA) is 126 Å². The van der Waals surface area contributed by atoms with E-state index in [0.29, 0.717) is 27.5 Å². The van der Waals surface area contributed by atoms with Crippen molar-refractivity contribution in [3.63, 3.8) is 0 Å². The van der Waals surface area contributed by atoms with E-state index in [1.807, 2.05) is 13.0 Å². The van der Waals surface area contributed by atoms with Crippen LogP contribution in [0.3, 0.4) is 0 Å². The molecule has 5 aromatic rings. The van der Waals surface area contributed by atoms with Crippen LogP contribution in [0, 0.1) is 12.7 Å². The molecule has 29 heavy (non-hydrogen) atoms. The van der Waals surface area contributed by atoms with Gasteiger partial charge >= 0.3 is 0 Å². The van der Waals surface area contributed by atoms with Crippen molar-refractivity contribution in [2.24, 2.45) is 0 Å². The molecule has 142 valence electrons. The van der Waals surface area contributed by atoms with E-state index in [1.54, 1.807) is 24.7 Å². The van der Waals surface area contributed by atoms with Crippen molar-refractivity contribution in [2.75, 3.05) is 5.73 Å². The van der Waals surface area contributed by atoms with Gasteiger partial charge in [0, 0.05) is 28.3 Å². The number of nitrogen functional groups attached to an aromatic ring is 1. The summed E-state index contributed by atoms with van der Waals surface area (Å²) in [5, 5.41) is 14.8. The zero-order chi connectivity index (χ0) is 20.1. The van der Waals surface area contributed by atoms with Crippen LogP contribution >= 0.6 is 0 Å². The molecule has 0 saturated carbocycles. The molecule has 0 spiro atoms. The molecule has 4 heterocycles. The lowest BCUT2D eigenvalue weighted by atomic mass is 9.96. The standard InChI is InChI=1S/C20H14FN7O/c1-9-12(10-4-5-24-25-6-10)7-23-19-15(16(22)20(29)27-17(9)19)11-2-3-14(21)18-13(11)8-26-28-18/h2-8H,22H2,1H3,(H,26,28)(H,27,29). The van der Waals surface area contributed by atoms with E-state index >= 15 is 0 Å². The van der Waals surface area contributed by atoms with Crippen LogP contribution in [0.5, 0.6) is 0 Å². The Kier molecular flexibility index (Phi) is 3.63. The maximum Gasteiger partial charge on any atom is 0.272 e. The molecule has 9 heteroatoms. The summed E-state index contributed by atoms with van der Waals surface area (Å²) in [6.07, 6.45) is 6.42. The normalized spacial score (nSPS) is 11.4. The number of pyridine rings is 2. The maximum absolute atomic E-state index is 14.1. The third kappa shape index (κ3) is 2.48. The number of nitrogens with zero attached hydrogens (tertiary/aromatic N) is 4. The first-order valence-corrected chi connectivity index (χ1v) is 8.76. The van der Waals surface area contributed by atoms with Crippen LogP contribution in [-0.4, -0.2) is 30.4 Å². The van der Waals surface area contributed by atoms with Crippen LogP contribution in [-0.2, 0) is 0 Å². The van der Waals surface area contributed by atoms with Gasteiger partial charge in [-0.05, 0) is 30.2 Å². The SMILES string of the molecule is Cc1c(-c2ccnnc2)cnc2c(-c3ccc(F)c4[nH]ncc34)c(N)c(=O)[nH]c12. The Bertz CT molecular complexity index is 1460. The summed E-state index contributed by atoms with van der Waals surface area (Å²) in [4.78, 5) is 20.1. The van der Waals surface area contributed by atoms with E-state index in [0.717, 1.165) is 16.7 Å². The Morgan fingerprint density at radius 1 is 1.03 bits per heavy atom. The quantitative estimate of drug-likeness (QED) is 0.427. The molecule has 0 fully saturated rings. The minimum absolute atomic E-state index is 0.0110. The largest absolute Gasteiger partial charge is 0.394 e. The Balaban J connectivity index is 1.88. The van der Waals surface area contributed by atoms with Crippen LogP contribution in [0.1, 0.15) is 5.56 Å². The van der Waals surface area contributed by atoms with Gasteiger partial charge in [0.2, 0.25) is 0 Å². The summed E-state index contributed by atoms with van der Waals surface area (Å²) < 4.78 is 14.1. The van der Waals surface area contributed by atoms with Gasteiger partial charge in [0.15, 0.2) is 0 Å². The fourth-order valence-electron chi connectivity index (χ4n) is 3.60. The highest BCUT2D eigenvalue weighted by Gasteiger charge is 2.20.